The zero-order chi connectivity index (χ0) is 67.7. The number of sulfonamides is 2. The number of nitrogens with one attached hydrogen (secondary N) is 1. The van der Waals surface area contributed by atoms with Crippen molar-refractivity contribution in [3.8, 4) is 11.8 Å². The van der Waals surface area contributed by atoms with Crippen molar-refractivity contribution in [2.75, 3.05) is 154 Å². The first-order valence-electron chi connectivity index (χ1n) is 28.4. The first-order valence-corrected chi connectivity index (χ1v) is 32.7. The molecule has 3 aromatic heterocycles. The van der Waals surface area contributed by atoms with Gasteiger partial charge in [0.25, 0.3) is 12.4 Å². The number of carbonyl (C=O) groups excluding carboxylic acids is 2. The largest absolute Gasteiger partial charge is 1.00 e. The van der Waals surface area contributed by atoms with Crippen molar-refractivity contribution < 1.29 is 246 Å². The van der Waals surface area contributed by atoms with E-state index in [1.54, 1.807) is 45.2 Å². The Kier molecular flexibility index (Phi) is 53.6. The smallest absolute Gasteiger partial charge is 1.00 e. The molecule has 0 unspecified atom stereocenters. The molecular weight excluding hydrogens is 1370 g/mol. The van der Waals surface area contributed by atoms with Crippen LogP contribution in [0.3, 0.4) is 0 Å². The topological polar surface area (TPSA) is 414 Å². The molecule has 2 aromatic carbocycles. The van der Waals surface area contributed by atoms with Gasteiger partial charge in [0.15, 0.2) is 0 Å². The number of ether oxygens (including phenoxy) is 5. The van der Waals surface area contributed by atoms with E-state index in [4.69, 9.17) is 60.7 Å². The van der Waals surface area contributed by atoms with E-state index < -0.39 is 37.6 Å². The number of aliphatic hydroxyl groups excluding tert-OH is 1. The molecule has 0 radical (unpaired) electrons. The van der Waals surface area contributed by atoms with Crippen LogP contribution in [-0.4, -0.2) is 236 Å². The summed E-state index contributed by atoms with van der Waals surface area (Å²) in [5.74, 6) is -0.987. The van der Waals surface area contributed by atoms with E-state index >= 15 is 0 Å². The summed E-state index contributed by atoms with van der Waals surface area (Å²) in [5, 5.41) is 56.4. The van der Waals surface area contributed by atoms with Gasteiger partial charge in [-0.2, -0.15) is 0 Å². The van der Waals surface area contributed by atoms with Crippen LogP contribution in [0.5, 0.6) is 11.8 Å². The van der Waals surface area contributed by atoms with E-state index in [-0.39, 0.29) is 186 Å². The molecule has 8 heterocycles. The van der Waals surface area contributed by atoms with Gasteiger partial charge in [-0.1, -0.05) is 68.8 Å². The number of carboxylic acids is 2. The van der Waals surface area contributed by atoms with E-state index in [2.05, 4.69) is 80.5 Å². The van der Waals surface area contributed by atoms with Crippen LogP contribution in [0.4, 0.5) is 11.4 Å². The van der Waals surface area contributed by atoms with Crippen molar-refractivity contribution in [3.05, 3.63) is 136 Å². The number of primary sulfonamides is 2. The van der Waals surface area contributed by atoms with Crippen LogP contribution in [0.1, 0.15) is 64.4 Å². The molecule has 94 heavy (non-hydrogen) atoms. The minimum Gasteiger partial charge on any atom is -1.00 e. The van der Waals surface area contributed by atoms with Gasteiger partial charge in [-0.3, -0.25) is 24.3 Å². The van der Waals surface area contributed by atoms with Crippen molar-refractivity contribution in [1.29, 1.82) is 0 Å². The van der Waals surface area contributed by atoms with Gasteiger partial charge >= 0.3 is 166 Å². The fourth-order valence-corrected chi connectivity index (χ4v) is 7.92. The Morgan fingerprint density at radius 3 is 1.39 bits per heavy atom. The Labute approximate surface area is 685 Å². The number of carboxylic acid groups (broad SMARTS) is 2. The number of morpholine rings is 3. The quantitative estimate of drug-likeness (QED) is 0.0198. The van der Waals surface area contributed by atoms with Crippen LogP contribution in [0, 0.1) is 0 Å². The molecule has 0 atom stereocenters. The SMILES string of the molecule is CC(C)(C)[O-].CS(N)(=O)=O.CS(N)(=O)=O.O=C(O)c1ccc(Cl)nc1.O=C(O)c1ccc(OCCN2CCOCC2)nc1.O=C(c1ccc(OCCN2CCOCC2)nc1)N1CCc2ccccc21.O=CO[O-].OCCN1CCOCC1.[H-].[K+].[K+].[K+].c1ccc2c(c1)CCN2. The standard InChI is InChI=1S/C20H23N3O3.C12H16N2O4.C8H9N.C6H4ClNO2.C6H13NO2.C4H9O.2CH5NO2S.CH2O3.3K.H/c24-20(23-8-7-16-3-1-2-4-18(16)23)17-5-6-19(21-15-17)26-14-11-22-9-12-25-13-10-22;15-12(16)10-1-2-11(13-9-10)18-8-5-14-3-6-17-7-4-14;1-2-4-8-7(3-1)5-6-9-8;7-5-2-1-4(3-8-5)6(9)10;8-4-1-7-2-5-9-6-3-7;1-4(2,3)5;2*1-5(2,3)4;2-1-4-3;;;;/h1-6,15H,7-14H2;1-2,9H,3-8H2,(H,15,16);1-4,9H,5-6H2;1-3H,(H,9,10);8H,1-6H2;1-3H3;2*1H3,(H2,2,3,4);1,3H;;;;/q;;;;;-1;;;;3*+1;-1/p-1. The number of pyridine rings is 3. The summed E-state index contributed by atoms with van der Waals surface area (Å²) in [5.41, 5.74) is 5.14. The molecule has 1 amide bonds. The molecule has 29 nitrogen and oxygen atoms in total. The van der Waals surface area contributed by atoms with Gasteiger partial charge in [-0.15, -0.1) is 5.60 Å². The van der Waals surface area contributed by atoms with E-state index in [0.29, 0.717) is 35.7 Å². The average molecular weight is 1460 g/mol. The summed E-state index contributed by atoms with van der Waals surface area (Å²) in [6, 6.07) is 26.0. The van der Waals surface area contributed by atoms with E-state index in [1.165, 1.54) is 53.8 Å². The zero-order valence-electron chi connectivity index (χ0n) is 55.8. The van der Waals surface area contributed by atoms with Crippen molar-refractivity contribution in [2.45, 2.75) is 39.2 Å². The second-order valence-electron chi connectivity index (χ2n) is 20.7. The number of nitrogens with zero attached hydrogens (tertiary/aromatic N) is 7. The molecule has 5 aliphatic rings. The summed E-state index contributed by atoms with van der Waals surface area (Å²) >= 11 is 5.41. The number of fused-ring (bicyclic) bond motifs is 2. The van der Waals surface area contributed by atoms with Crippen molar-refractivity contribution in [2.24, 2.45) is 10.3 Å². The van der Waals surface area contributed by atoms with Crippen LogP contribution in [0.15, 0.2) is 104 Å². The fourth-order valence-electron chi connectivity index (χ4n) is 7.81. The average Bonchev–Trinajstić information content (AvgIpc) is 1.70. The van der Waals surface area contributed by atoms with Gasteiger partial charge < -0.3 is 65.9 Å². The number of anilines is 2. The Morgan fingerprint density at radius 2 is 1.02 bits per heavy atom. The van der Waals surface area contributed by atoms with Gasteiger partial charge in [0.05, 0.1) is 75.5 Å². The molecule has 0 spiro atoms. The monoisotopic (exact) mass is 1450 g/mol. The maximum Gasteiger partial charge on any atom is 1.00 e. The number of hydrogen-bond donors (Lipinski definition) is 6. The van der Waals surface area contributed by atoms with E-state index in [1.807, 2.05) is 23.1 Å². The normalized spacial score (nSPS) is 14.5. The number of β-amino-alcohol motifs (C(OH)–C–C–N with tert-alkyl or cyclic N) is 1. The minimum atomic E-state index is -3.17. The Bertz CT molecular complexity index is 3030. The van der Waals surface area contributed by atoms with Gasteiger partial charge in [0.1, 0.15) is 18.4 Å². The van der Waals surface area contributed by atoms with Gasteiger partial charge in [-0.05, 0) is 60.4 Å². The number of para-hydroxylation sites is 2. The number of benzene rings is 2. The number of aromatic carboxylic acids is 2. The van der Waals surface area contributed by atoms with E-state index in [0.717, 1.165) is 136 Å². The Morgan fingerprint density at radius 1 is 0.638 bits per heavy atom. The number of aromatic nitrogens is 3. The van der Waals surface area contributed by atoms with Crippen LogP contribution >= 0.6 is 11.6 Å². The summed E-state index contributed by atoms with van der Waals surface area (Å²) in [6.07, 6.45) is 8.08. The zero-order valence-corrected chi connectivity index (χ0v) is 66.6. The number of carbonyl (C=O) groups is 4. The molecule has 3 saturated heterocycles. The number of halogens is 1. The van der Waals surface area contributed by atoms with Crippen LogP contribution in [0.2, 0.25) is 5.15 Å². The fraction of sp³-hybridized carbons (Fsp3) is 0.475. The minimum absolute atomic E-state index is 0. The molecule has 5 aromatic rings. The van der Waals surface area contributed by atoms with Crippen molar-refractivity contribution in [1.82, 2.24) is 29.7 Å². The molecule has 0 saturated carbocycles. The van der Waals surface area contributed by atoms with Crippen LogP contribution in [0.25, 0.3) is 0 Å². The van der Waals surface area contributed by atoms with Crippen LogP contribution in [-0.2, 0) is 56.8 Å². The molecule has 0 aliphatic carbocycles. The van der Waals surface area contributed by atoms with Gasteiger partial charge in [-0.25, -0.2) is 51.7 Å². The number of hydrogen-bond acceptors (Lipinski definition) is 24. The molecule has 5 aliphatic heterocycles. The van der Waals surface area contributed by atoms with E-state index in [9.17, 15) is 36.3 Å². The molecular formula is C59H86ClK3N10O19S2. The molecule has 0 bridgehead atoms. The maximum atomic E-state index is 12.8. The molecule has 508 valence electrons. The summed E-state index contributed by atoms with van der Waals surface area (Å²) < 4.78 is 64.5. The molecule has 35 heteroatoms. The number of aliphatic hydroxyl groups is 1. The maximum absolute atomic E-state index is 12.8. The van der Waals surface area contributed by atoms with Crippen molar-refractivity contribution in [3.63, 3.8) is 0 Å². The second kappa shape index (κ2) is 53.7. The Hall–Kier alpha value is -2.17. The van der Waals surface area contributed by atoms with Crippen LogP contribution < -0.4 is 194 Å². The first kappa shape index (κ1) is 93.9. The second-order valence-corrected chi connectivity index (χ2v) is 24.4. The predicted octanol–water partition coefficient (Wildman–Crippen LogP) is -7.60. The van der Waals surface area contributed by atoms with Gasteiger partial charge in [0.2, 0.25) is 31.8 Å². The summed E-state index contributed by atoms with van der Waals surface area (Å²) in [7, 11) is -6.33. The molecule has 8 N–H and O–H groups in total. The predicted molar refractivity (Wildman–Crippen MR) is 338 cm³/mol. The summed E-state index contributed by atoms with van der Waals surface area (Å²) in [4.78, 5) is 65.3. The summed E-state index contributed by atoms with van der Waals surface area (Å²) in [6.45, 7) is 20.8. The number of nitrogens with two attached hydrogens (primary N) is 2. The van der Waals surface area contributed by atoms with Crippen molar-refractivity contribution >= 4 is 67.3 Å². The third-order valence-electron chi connectivity index (χ3n) is 11.9. The number of rotatable bonds is 14. The molecule has 3 fully saturated rings. The number of amides is 1. The first-order chi connectivity index (χ1) is 43.1. The molecule has 10 rings (SSSR count). The van der Waals surface area contributed by atoms with Gasteiger partial charge in [0, 0.05) is 114 Å². The third kappa shape index (κ3) is 48.5. The Balaban J connectivity index is -0.00000108. The third-order valence-corrected chi connectivity index (χ3v) is 12.1.